The summed E-state index contributed by atoms with van der Waals surface area (Å²) in [4.78, 5) is 39.9. The zero-order valence-corrected chi connectivity index (χ0v) is 13.1. The number of benzene rings is 1. The molecule has 0 aliphatic rings. The van der Waals surface area contributed by atoms with Crippen LogP contribution in [0.3, 0.4) is 0 Å². The van der Waals surface area contributed by atoms with Gasteiger partial charge in [-0.25, -0.2) is 14.8 Å². The van der Waals surface area contributed by atoms with E-state index < -0.39 is 23.1 Å². The van der Waals surface area contributed by atoms with Gasteiger partial charge in [0.15, 0.2) is 11.3 Å². The Kier molecular flexibility index (Phi) is 4.33. The average Bonchev–Trinajstić information content (AvgIpc) is 3.07. The fraction of sp³-hybridized carbons (Fsp3) is 0.0667. The Morgan fingerprint density at radius 1 is 1.20 bits per heavy atom. The lowest BCUT2D eigenvalue weighted by Gasteiger charge is -2.00. The van der Waals surface area contributed by atoms with Crippen LogP contribution in [0.4, 0.5) is 0 Å². The average molecular weight is 339 g/mol. The molecule has 2 aromatic heterocycles. The molecule has 3 rings (SSSR count). The molecule has 2 amide bonds. The Hall–Kier alpha value is -3.82. The maximum absolute atomic E-state index is 12.3. The summed E-state index contributed by atoms with van der Waals surface area (Å²) in [7, 11) is 1.44. The molecule has 0 atom stereocenters. The zero-order valence-electron chi connectivity index (χ0n) is 13.1. The van der Waals surface area contributed by atoms with Gasteiger partial charge in [0.2, 0.25) is 5.69 Å². The summed E-state index contributed by atoms with van der Waals surface area (Å²) in [6.45, 7) is 0. The fourth-order valence-electron chi connectivity index (χ4n) is 2.07. The van der Waals surface area contributed by atoms with E-state index >= 15 is 0 Å². The number of carbonyl (C=O) groups is 2. The van der Waals surface area contributed by atoms with Gasteiger partial charge in [0.05, 0.1) is 6.21 Å². The van der Waals surface area contributed by atoms with Crippen LogP contribution in [0, 0.1) is 0 Å². The minimum atomic E-state index is -0.787. The molecular formula is C15H13N7O3. The third-order valence-corrected chi connectivity index (χ3v) is 3.30. The maximum atomic E-state index is 12.3. The van der Waals surface area contributed by atoms with E-state index in [-0.39, 0.29) is 11.3 Å². The van der Waals surface area contributed by atoms with Crippen LogP contribution in [-0.2, 0) is 0 Å². The predicted octanol–water partition coefficient (Wildman–Crippen LogP) is -0.459. The number of aromatic amines is 1. The highest BCUT2D eigenvalue weighted by atomic mass is 16.2. The first kappa shape index (κ1) is 16.1. The van der Waals surface area contributed by atoms with Gasteiger partial charge in [0.1, 0.15) is 6.33 Å². The van der Waals surface area contributed by atoms with Gasteiger partial charge in [-0.15, -0.1) is 0 Å². The molecule has 0 spiro atoms. The quantitative estimate of drug-likeness (QED) is 0.437. The van der Waals surface area contributed by atoms with Crippen LogP contribution in [0.2, 0.25) is 0 Å². The van der Waals surface area contributed by atoms with E-state index in [1.807, 2.05) is 18.2 Å². The minimum absolute atomic E-state index is 0.00107. The number of hydrogen-bond acceptors (Lipinski definition) is 6. The van der Waals surface area contributed by atoms with Crippen LogP contribution in [0.15, 0.2) is 46.6 Å². The molecule has 0 saturated heterocycles. The van der Waals surface area contributed by atoms with Crippen molar-refractivity contribution in [3.8, 4) is 0 Å². The normalized spacial score (nSPS) is 10.9. The van der Waals surface area contributed by atoms with Crippen LogP contribution < -0.4 is 16.3 Å². The van der Waals surface area contributed by atoms with Crippen LogP contribution in [-0.4, -0.2) is 44.7 Å². The molecule has 0 unspecified atom stereocenters. The van der Waals surface area contributed by atoms with Crippen LogP contribution in [0.1, 0.15) is 26.5 Å². The summed E-state index contributed by atoms with van der Waals surface area (Å²) in [6, 6.07) is 9.11. The lowest BCUT2D eigenvalue weighted by Crippen LogP contribution is -2.31. The van der Waals surface area contributed by atoms with Gasteiger partial charge in [0.25, 0.3) is 17.4 Å². The Morgan fingerprint density at radius 2 is 1.96 bits per heavy atom. The molecule has 0 saturated carbocycles. The number of fused-ring (bicyclic) bond motifs is 1. The summed E-state index contributed by atoms with van der Waals surface area (Å²) in [5, 5.41) is 12.4. The molecule has 2 heterocycles. The Balaban J connectivity index is 1.85. The van der Waals surface area contributed by atoms with E-state index in [2.05, 4.69) is 31.0 Å². The number of carbonyl (C=O) groups excluding carboxylic acids is 2. The van der Waals surface area contributed by atoms with Crippen molar-refractivity contribution < 1.29 is 9.59 Å². The molecule has 3 aromatic rings. The lowest BCUT2D eigenvalue weighted by atomic mass is 10.2. The second kappa shape index (κ2) is 6.74. The van der Waals surface area contributed by atoms with Crippen LogP contribution in [0.25, 0.3) is 5.65 Å². The van der Waals surface area contributed by atoms with E-state index in [0.717, 1.165) is 16.3 Å². The first-order valence-electron chi connectivity index (χ1n) is 7.18. The van der Waals surface area contributed by atoms with E-state index in [1.165, 1.54) is 13.3 Å². The second-order valence-corrected chi connectivity index (χ2v) is 4.88. The zero-order chi connectivity index (χ0) is 17.8. The van der Waals surface area contributed by atoms with Gasteiger partial charge in [-0.05, 0) is 5.56 Å². The molecule has 0 radical (unpaired) electrons. The number of H-pyrrole nitrogens is 1. The van der Waals surface area contributed by atoms with Gasteiger partial charge >= 0.3 is 0 Å². The highest BCUT2D eigenvalue weighted by Crippen LogP contribution is 2.03. The number of nitrogens with zero attached hydrogens (tertiary/aromatic N) is 4. The van der Waals surface area contributed by atoms with Crippen molar-refractivity contribution in [2.24, 2.45) is 5.10 Å². The second-order valence-electron chi connectivity index (χ2n) is 4.88. The number of rotatable bonds is 4. The Labute approximate surface area is 140 Å². The highest BCUT2D eigenvalue weighted by Gasteiger charge is 2.19. The van der Waals surface area contributed by atoms with Crippen LogP contribution >= 0.6 is 0 Å². The minimum Gasteiger partial charge on any atom is -0.354 e. The number of aromatic nitrogens is 4. The van der Waals surface area contributed by atoms with Gasteiger partial charge in [-0.1, -0.05) is 30.3 Å². The van der Waals surface area contributed by atoms with Gasteiger partial charge < -0.3 is 5.32 Å². The summed E-state index contributed by atoms with van der Waals surface area (Å²) < 4.78 is 1.04. The SMILES string of the molecule is CNC(=O)c1ncn2c(=O)c(C(=O)N/N=C/c3ccccc3)n[nH]c12. The third kappa shape index (κ3) is 3.13. The lowest BCUT2D eigenvalue weighted by molar-refractivity contribution is 0.0944. The van der Waals surface area contributed by atoms with E-state index in [9.17, 15) is 14.4 Å². The van der Waals surface area contributed by atoms with E-state index in [0.29, 0.717) is 0 Å². The van der Waals surface area contributed by atoms with Crippen LogP contribution in [0.5, 0.6) is 0 Å². The molecule has 1 aromatic carbocycles. The van der Waals surface area contributed by atoms with Crippen molar-refractivity contribution in [1.29, 1.82) is 0 Å². The molecule has 25 heavy (non-hydrogen) atoms. The molecule has 0 fully saturated rings. The number of nitrogens with one attached hydrogen (secondary N) is 3. The molecule has 0 bridgehead atoms. The van der Waals surface area contributed by atoms with E-state index in [4.69, 9.17) is 0 Å². The van der Waals surface area contributed by atoms with Crippen molar-refractivity contribution in [3.05, 3.63) is 64.0 Å². The van der Waals surface area contributed by atoms with Crippen molar-refractivity contribution in [2.75, 3.05) is 7.05 Å². The number of amides is 2. The number of hydrazone groups is 1. The highest BCUT2D eigenvalue weighted by molar-refractivity contribution is 5.98. The van der Waals surface area contributed by atoms with Gasteiger partial charge in [0, 0.05) is 7.05 Å². The summed E-state index contributed by atoms with van der Waals surface area (Å²) in [5.41, 5.74) is 1.98. The monoisotopic (exact) mass is 339 g/mol. The molecular weight excluding hydrogens is 326 g/mol. The predicted molar refractivity (Wildman–Crippen MR) is 88.5 cm³/mol. The van der Waals surface area contributed by atoms with Gasteiger partial charge in [-0.3, -0.25) is 19.5 Å². The number of hydrogen-bond donors (Lipinski definition) is 3. The summed E-state index contributed by atoms with van der Waals surface area (Å²) in [6.07, 6.45) is 2.58. The molecule has 126 valence electrons. The summed E-state index contributed by atoms with van der Waals surface area (Å²) >= 11 is 0. The topological polar surface area (TPSA) is 134 Å². The molecule has 3 N–H and O–H groups in total. The third-order valence-electron chi connectivity index (χ3n) is 3.30. The van der Waals surface area contributed by atoms with Crippen molar-refractivity contribution in [3.63, 3.8) is 0 Å². The molecule has 0 aliphatic carbocycles. The van der Waals surface area contributed by atoms with Crippen molar-refractivity contribution in [2.45, 2.75) is 0 Å². The number of imidazole rings is 1. The van der Waals surface area contributed by atoms with Crippen molar-refractivity contribution in [1.82, 2.24) is 30.3 Å². The molecule has 10 nitrogen and oxygen atoms in total. The van der Waals surface area contributed by atoms with Gasteiger partial charge in [-0.2, -0.15) is 10.2 Å². The maximum Gasteiger partial charge on any atom is 0.297 e. The summed E-state index contributed by atoms with van der Waals surface area (Å²) in [5.74, 6) is -1.27. The largest absolute Gasteiger partial charge is 0.354 e. The molecule has 10 heteroatoms. The Morgan fingerprint density at radius 3 is 2.68 bits per heavy atom. The fourth-order valence-corrected chi connectivity index (χ4v) is 2.07. The van der Waals surface area contributed by atoms with Crippen molar-refractivity contribution >= 4 is 23.7 Å². The molecule has 0 aliphatic heterocycles. The smallest absolute Gasteiger partial charge is 0.297 e. The van der Waals surface area contributed by atoms with E-state index in [1.54, 1.807) is 12.1 Å². The first-order valence-corrected chi connectivity index (χ1v) is 7.18. The first-order chi connectivity index (χ1) is 12.1. The Bertz CT molecular complexity index is 1020. The standard InChI is InChI=1S/C15H13N7O3/c1-16-13(23)10-12-20-19-11(15(25)22(12)8-17-10)14(24)21-18-7-9-5-3-2-4-6-9/h2-8,20H,1H3,(H,16,23)(H,21,24)/b18-7+.